The number of pyridine rings is 1. The molecule has 2 aromatic heterocycles. The van der Waals surface area contributed by atoms with Crippen LogP contribution in [0.25, 0.3) is 10.9 Å². The van der Waals surface area contributed by atoms with Gasteiger partial charge in [0.25, 0.3) is 0 Å². The molecule has 3 aromatic rings. The van der Waals surface area contributed by atoms with Crippen molar-refractivity contribution in [3.05, 3.63) is 41.5 Å². The number of alkyl halides is 3. The summed E-state index contributed by atoms with van der Waals surface area (Å²) in [6.07, 6.45) is -4.62. The van der Waals surface area contributed by atoms with Gasteiger partial charge in [-0.2, -0.15) is 13.2 Å². The van der Waals surface area contributed by atoms with Gasteiger partial charge in [0.15, 0.2) is 11.5 Å². The first-order valence-corrected chi connectivity index (χ1v) is 12.8. The van der Waals surface area contributed by atoms with Crippen molar-refractivity contribution < 1.29 is 32.2 Å². The number of carbonyl (C=O) groups is 1. The molecule has 1 atom stereocenters. The summed E-state index contributed by atoms with van der Waals surface area (Å²) < 4.78 is 57.1. The van der Waals surface area contributed by atoms with Crippen LogP contribution in [0.15, 0.2) is 24.3 Å². The number of ether oxygens (including phenoxy) is 3. The fraction of sp³-hybridized carbons (Fsp3) is 0.417. The molecule has 3 heterocycles. The number of halogens is 3. The van der Waals surface area contributed by atoms with Gasteiger partial charge in [-0.1, -0.05) is 0 Å². The molecule has 0 bridgehead atoms. The van der Waals surface area contributed by atoms with Crippen LogP contribution >= 0.6 is 0 Å². The predicted molar refractivity (Wildman–Crippen MR) is 138 cm³/mol. The summed E-state index contributed by atoms with van der Waals surface area (Å²) in [5.41, 5.74) is 5.22. The van der Waals surface area contributed by atoms with Crippen LogP contribution in [-0.4, -0.2) is 74.6 Å². The van der Waals surface area contributed by atoms with Crippen LogP contribution in [0.2, 0.25) is 0 Å². The number of aromatic nitrogens is 3. The molecule has 1 aliphatic rings. The van der Waals surface area contributed by atoms with Crippen molar-refractivity contribution in [3.8, 4) is 11.5 Å². The predicted octanol–water partition coefficient (Wildman–Crippen LogP) is 1.87. The molecule has 1 saturated heterocycles. The van der Waals surface area contributed by atoms with Crippen LogP contribution in [0.4, 0.5) is 24.7 Å². The molecule has 0 unspecified atom stereocenters. The largest absolute Gasteiger partial charge is 0.493 e. The molecule has 0 spiro atoms. The van der Waals surface area contributed by atoms with E-state index in [-0.39, 0.29) is 30.4 Å². The minimum Gasteiger partial charge on any atom is -0.493 e. The van der Waals surface area contributed by atoms with Gasteiger partial charge in [0.2, 0.25) is 5.91 Å². The van der Waals surface area contributed by atoms with Gasteiger partial charge in [0.05, 0.1) is 46.9 Å². The summed E-state index contributed by atoms with van der Waals surface area (Å²) in [6.45, 7) is 4.78. The van der Waals surface area contributed by atoms with Crippen molar-refractivity contribution in [2.75, 3.05) is 44.5 Å². The molecule has 38 heavy (non-hydrogen) atoms. The molecule has 14 heteroatoms. The summed E-state index contributed by atoms with van der Waals surface area (Å²) in [7, 11) is 2.13. The van der Waals surface area contributed by atoms with Crippen molar-refractivity contribution in [3.63, 3.8) is 0 Å². The van der Waals surface area contributed by atoms with Crippen LogP contribution in [0, 0.1) is 6.92 Å². The van der Waals surface area contributed by atoms with E-state index in [1.54, 1.807) is 24.0 Å². The second-order valence-electron chi connectivity index (χ2n) is 9.30. The van der Waals surface area contributed by atoms with Crippen LogP contribution in [0.5, 0.6) is 11.5 Å². The highest BCUT2D eigenvalue weighted by atomic mass is 28.1. The number of nitrogens with zero attached hydrogens (tertiary/aromatic N) is 4. The highest BCUT2D eigenvalue weighted by Crippen LogP contribution is 2.35. The first-order chi connectivity index (χ1) is 17.9. The van der Waals surface area contributed by atoms with E-state index < -0.39 is 17.1 Å². The second kappa shape index (κ2) is 10.6. The number of carbonyl (C=O) groups excluding carboxylic acids is 1. The van der Waals surface area contributed by atoms with Crippen LogP contribution in [0.3, 0.4) is 0 Å². The number of rotatable bonds is 7. The molecule has 0 saturated carbocycles. The van der Waals surface area contributed by atoms with Crippen LogP contribution in [0.1, 0.15) is 24.1 Å². The molecule has 3 N–H and O–H groups in total. The Morgan fingerprint density at radius 1 is 1.24 bits per heavy atom. The maximum atomic E-state index is 13.2. The molecular weight excluding hydrogens is 521 g/mol. The number of methoxy groups -OCH3 is 1. The SMILES string of the molecule is COc1cc2nc(C)nc(NCc3cc(N)cc(C(F)(F)F)n3)c2cc1OC[C@@]1([SiH3])CN(C(C)=O)CCO1. The topological polar surface area (TPSA) is 125 Å². The molecular formula is C24H29F3N6O4Si. The minimum absolute atomic E-state index is 0.0166. The maximum absolute atomic E-state index is 13.2. The third kappa shape index (κ3) is 6.24. The Hall–Kier alpha value is -3.65. The van der Waals surface area contributed by atoms with E-state index in [0.29, 0.717) is 64.0 Å². The zero-order valence-electron chi connectivity index (χ0n) is 21.5. The van der Waals surface area contributed by atoms with Gasteiger partial charge >= 0.3 is 6.18 Å². The zero-order chi connectivity index (χ0) is 27.7. The molecule has 0 aliphatic carbocycles. The number of aryl methyl sites for hydroxylation is 1. The number of nitrogens with one attached hydrogen (secondary N) is 1. The molecule has 10 nitrogen and oxygen atoms in total. The Morgan fingerprint density at radius 2 is 2.00 bits per heavy atom. The summed E-state index contributed by atoms with van der Waals surface area (Å²) in [5.74, 6) is 1.67. The van der Waals surface area contributed by atoms with Crippen molar-refractivity contribution >= 4 is 38.6 Å². The number of benzene rings is 1. The number of fused-ring (bicyclic) bond motifs is 1. The standard InChI is InChI=1S/C24H29F3N6O4Si/c1-13-30-18-9-19(35-3)20(36-12-23(38)11-33(14(2)34)4-5-37-23)8-17(18)22(31-13)29-10-16-6-15(28)7-21(32-16)24(25,26)27/h6-9H,4-5,10-12H2,1-3,38H3,(H2,28,32)(H,29,30,31)/t23-/m0/s1. The first-order valence-electron chi connectivity index (χ1n) is 11.8. The van der Waals surface area contributed by atoms with Crippen molar-refractivity contribution in [1.82, 2.24) is 19.9 Å². The lowest BCUT2D eigenvalue weighted by atomic mass is 10.2. The third-order valence-corrected chi connectivity index (χ3v) is 6.93. The average molecular weight is 551 g/mol. The Morgan fingerprint density at radius 3 is 2.68 bits per heavy atom. The number of nitrogen functional groups attached to an aromatic ring is 1. The minimum atomic E-state index is -4.62. The lowest BCUT2D eigenvalue weighted by molar-refractivity contribution is -0.141. The quantitative estimate of drug-likeness (QED) is 0.424. The lowest BCUT2D eigenvalue weighted by Crippen LogP contribution is -2.56. The molecule has 1 fully saturated rings. The van der Waals surface area contributed by atoms with E-state index in [4.69, 9.17) is 19.9 Å². The average Bonchev–Trinajstić information content (AvgIpc) is 2.84. The number of amides is 1. The van der Waals surface area contributed by atoms with Gasteiger partial charge in [0.1, 0.15) is 23.9 Å². The van der Waals surface area contributed by atoms with Gasteiger partial charge in [0, 0.05) is 37.2 Å². The third-order valence-electron chi connectivity index (χ3n) is 6.04. The van der Waals surface area contributed by atoms with E-state index in [1.807, 2.05) is 0 Å². The van der Waals surface area contributed by atoms with E-state index in [9.17, 15) is 18.0 Å². The Labute approximate surface area is 220 Å². The van der Waals surface area contributed by atoms with Crippen LogP contribution < -0.4 is 20.5 Å². The Kier molecular flexibility index (Phi) is 7.65. The number of hydrogen-bond donors (Lipinski definition) is 2. The molecule has 1 aliphatic heterocycles. The summed E-state index contributed by atoms with van der Waals surface area (Å²) in [5, 5.41) is 3.03. The van der Waals surface area contributed by atoms with E-state index in [1.165, 1.54) is 20.1 Å². The van der Waals surface area contributed by atoms with Crippen molar-refractivity contribution in [1.29, 1.82) is 0 Å². The molecule has 204 valence electrons. The van der Waals surface area contributed by atoms with Gasteiger partial charge in [-0.3, -0.25) is 4.79 Å². The van der Waals surface area contributed by atoms with Gasteiger partial charge in [-0.25, -0.2) is 15.0 Å². The highest BCUT2D eigenvalue weighted by molar-refractivity contribution is 6.15. The monoisotopic (exact) mass is 550 g/mol. The maximum Gasteiger partial charge on any atom is 0.433 e. The highest BCUT2D eigenvalue weighted by Gasteiger charge is 2.35. The molecule has 1 amide bonds. The zero-order valence-corrected chi connectivity index (χ0v) is 23.5. The first kappa shape index (κ1) is 27.4. The number of morpholine rings is 1. The summed E-state index contributed by atoms with van der Waals surface area (Å²) in [6, 6.07) is 5.57. The molecule has 0 radical (unpaired) electrons. The van der Waals surface area contributed by atoms with Crippen molar-refractivity contribution in [2.45, 2.75) is 31.8 Å². The van der Waals surface area contributed by atoms with E-state index >= 15 is 0 Å². The second-order valence-corrected chi connectivity index (χ2v) is 11.1. The Balaban J connectivity index is 1.61. The number of nitrogens with two attached hydrogens (primary N) is 1. The summed E-state index contributed by atoms with van der Waals surface area (Å²) >= 11 is 0. The lowest BCUT2D eigenvalue weighted by Gasteiger charge is -2.40. The fourth-order valence-corrected chi connectivity index (χ4v) is 4.93. The molecule has 1 aromatic carbocycles. The Bertz CT molecular complexity index is 1360. The number of anilines is 2. The fourth-order valence-electron chi connectivity index (χ4n) is 4.20. The smallest absolute Gasteiger partial charge is 0.433 e. The van der Waals surface area contributed by atoms with Crippen LogP contribution in [-0.2, 0) is 22.3 Å². The molecule has 4 rings (SSSR count). The normalized spacial score (nSPS) is 18.0. The summed E-state index contributed by atoms with van der Waals surface area (Å²) in [4.78, 5) is 26.2. The van der Waals surface area contributed by atoms with Gasteiger partial charge < -0.3 is 30.2 Å². The van der Waals surface area contributed by atoms with Crippen molar-refractivity contribution in [2.24, 2.45) is 0 Å². The van der Waals surface area contributed by atoms with Gasteiger partial charge in [-0.05, 0) is 25.1 Å². The van der Waals surface area contributed by atoms with E-state index in [0.717, 1.165) is 6.07 Å². The van der Waals surface area contributed by atoms with Gasteiger partial charge in [-0.15, -0.1) is 0 Å². The van der Waals surface area contributed by atoms with E-state index in [2.05, 4.69) is 20.3 Å². The number of hydrogen-bond acceptors (Lipinski definition) is 9.